The standard InChI is InChI=1S/C18H22FN3O4/c1-26-16-3-2-11(10-14(16)19)17(12-8-13(24)9-12)21-18(25)15-4-5-20-22(15)6-7-23/h2-5,10,12-13,17,23-24H,6-9H2,1H3,(H,21,25)/t12?,13?,17-/m0/s1. The van der Waals surface area contributed by atoms with Gasteiger partial charge in [-0.1, -0.05) is 6.07 Å². The average molecular weight is 363 g/mol. The number of aromatic nitrogens is 2. The van der Waals surface area contributed by atoms with Crippen molar-refractivity contribution in [3.8, 4) is 5.75 Å². The van der Waals surface area contributed by atoms with Gasteiger partial charge in [-0.05, 0) is 42.5 Å². The van der Waals surface area contributed by atoms with Crippen molar-refractivity contribution in [2.24, 2.45) is 5.92 Å². The third-order valence-electron chi connectivity index (χ3n) is 4.70. The van der Waals surface area contributed by atoms with Crippen molar-refractivity contribution in [3.63, 3.8) is 0 Å². The Morgan fingerprint density at radius 2 is 2.23 bits per heavy atom. The van der Waals surface area contributed by atoms with Crippen molar-refractivity contribution in [3.05, 3.63) is 47.5 Å². The molecule has 0 saturated heterocycles. The van der Waals surface area contributed by atoms with E-state index in [0.29, 0.717) is 24.1 Å². The smallest absolute Gasteiger partial charge is 0.270 e. The molecule has 1 aliphatic carbocycles. The maximum Gasteiger partial charge on any atom is 0.270 e. The molecule has 1 aromatic carbocycles. The average Bonchev–Trinajstić information content (AvgIpc) is 3.06. The van der Waals surface area contributed by atoms with Crippen molar-refractivity contribution in [2.45, 2.75) is 31.5 Å². The van der Waals surface area contributed by atoms with Crippen LogP contribution in [0.3, 0.4) is 0 Å². The highest BCUT2D eigenvalue weighted by atomic mass is 19.1. The molecule has 1 heterocycles. The maximum absolute atomic E-state index is 14.1. The van der Waals surface area contributed by atoms with Crippen molar-refractivity contribution in [1.82, 2.24) is 15.1 Å². The number of aliphatic hydroxyl groups excluding tert-OH is 2. The molecule has 0 radical (unpaired) electrons. The number of amides is 1. The highest BCUT2D eigenvalue weighted by Gasteiger charge is 2.36. The predicted molar refractivity (Wildman–Crippen MR) is 91.2 cm³/mol. The molecule has 1 amide bonds. The number of halogens is 1. The van der Waals surface area contributed by atoms with Gasteiger partial charge in [0.25, 0.3) is 5.91 Å². The van der Waals surface area contributed by atoms with Crippen LogP contribution < -0.4 is 10.1 Å². The zero-order chi connectivity index (χ0) is 18.7. The Kier molecular flexibility index (Phi) is 5.53. The first-order valence-electron chi connectivity index (χ1n) is 8.48. The van der Waals surface area contributed by atoms with Crippen LogP contribution in [0, 0.1) is 11.7 Å². The van der Waals surface area contributed by atoms with E-state index < -0.39 is 18.0 Å². The lowest BCUT2D eigenvalue weighted by atomic mass is 9.75. The number of methoxy groups -OCH3 is 1. The minimum absolute atomic E-state index is 0.0101. The Labute approximate surface area is 150 Å². The molecule has 1 aliphatic rings. The highest BCUT2D eigenvalue weighted by molar-refractivity contribution is 5.92. The third-order valence-corrected chi connectivity index (χ3v) is 4.70. The number of nitrogens with zero attached hydrogens (tertiary/aromatic N) is 2. The number of hydrogen-bond acceptors (Lipinski definition) is 5. The van der Waals surface area contributed by atoms with Crippen molar-refractivity contribution in [2.75, 3.05) is 13.7 Å². The molecule has 26 heavy (non-hydrogen) atoms. The Morgan fingerprint density at radius 3 is 2.85 bits per heavy atom. The van der Waals surface area contributed by atoms with Crippen LogP contribution in [0.1, 0.15) is 34.9 Å². The summed E-state index contributed by atoms with van der Waals surface area (Å²) < 4.78 is 20.5. The minimum atomic E-state index is -0.505. The molecule has 1 saturated carbocycles. The van der Waals surface area contributed by atoms with Crippen LogP contribution in [-0.2, 0) is 6.54 Å². The molecule has 0 aliphatic heterocycles. The topological polar surface area (TPSA) is 96.6 Å². The zero-order valence-corrected chi connectivity index (χ0v) is 14.4. The van der Waals surface area contributed by atoms with E-state index in [2.05, 4.69) is 10.4 Å². The maximum atomic E-state index is 14.1. The SMILES string of the molecule is COc1ccc([C@H](NC(=O)c2ccnn2CCO)C2CC(O)C2)cc1F. The molecule has 1 fully saturated rings. The Morgan fingerprint density at radius 1 is 1.46 bits per heavy atom. The van der Waals surface area contributed by atoms with Gasteiger partial charge in [-0.2, -0.15) is 5.10 Å². The van der Waals surface area contributed by atoms with E-state index in [1.807, 2.05) is 0 Å². The molecule has 2 aromatic rings. The van der Waals surface area contributed by atoms with E-state index in [9.17, 15) is 14.3 Å². The van der Waals surface area contributed by atoms with Crippen LogP contribution in [0.4, 0.5) is 4.39 Å². The summed E-state index contributed by atoms with van der Waals surface area (Å²) in [6.07, 6.45) is 2.16. The third kappa shape index (κ3) is 3.71. The summed E-state index contributed by atoms with van der Waals surface area (Å²) in [5.41, 5.74) is 0.930. The molecule has 0 unspecified atom stereocenters. The number of hydrogen-bond donors (Lipinski definition) is 3. The Bertz CT molecular complexity index is 774. The van der Waals surface area contributed by atoms with Gasteiger partial charge in [-0.3, -0.25) is 9.48 Å². The summed E-state index contributed by atoms with van der Waals surface area (Å²) in [6.45, 7) is 0.0730. The lowest BCUT2D eigenvalue weighted by Gasteiger charge is -2.38. The summed E-state index contributed by atoms with van der Waals surface area (Å²) in [5.74, 6) is -0.725. The zero-order valence-electron chi connectivity index (χ0n) is 14.4. The largest absolute Gasteiger partial charge is 0.494 e. The summed E-state index contributed by atoms with van der Waals surface area (Å²) in [6, 6.07) is 5.70. The molecule has 8 heteroatoms. The molecule has 140 valence electrons. The molecule has 3 N–H and O–H groups in total. The van der Waals surface area contributed by atoms with E-state index in [0.717, 1.165) is 0 Å². The van der Waals surface area contributed by atoms with Crippen molar-refractivity contribution in [1.29, 1.82) is 0 Å². The van der Waals surface area contributed by atoms with Crippen LogP contribution >= 0.6 is 0 Å². The lowest BCUT2D eigenvalue weighted by molar-refractivity contribution is 0.0233. The molecule has 3 rings (SSSR count). The number of rotatable bonds is 7. The van der Waals surface area contributed by atoms with Crippen LogP contribution in [0.15, 0.2) is 30.5 Å². The minimum Gasteiger partial charge on any atom is -0.494 e. The highest BCUT2D eigenvalue weighted by Crippen LogP contribution is 2.39. The van der Waals surface area contributed by atoms with Gasteiger partial charge in [0.05, 0.1) is 32.4 Å². The molecule has 0 spiro atoms. The number of aliphatic hydroxyl groups is 2. The fraction of sp³-hybridized carbons (Fsp3) is 0.444. The van der Waals surface area contributed by atoms with Gasteiger partial charge in [-0.15, -0.1) is 0 Å². The first kappa shape index (κ1) is 18.3. The van der Waals surface area contributed by atoms with Gasteiger partial charge in [0.15, 0.2) is 11.6 Å². The van der Waals surface area contributed by atoms with Gasteiger partial charge in [0, 0.05) is 6.20 Å². The Balaban J connectivity index is 1.84. The number of nitrogens with one attached hydrogen (secondary N) is 1. The van der Waals surface area contributed by atoms with E-state index in [1.165, 1.54) is 30.1 Å². The van der Waals surface area contributed by atoms with Crippen LogP contribution in [0.2, 0.25) is 0 Å². The quantitative estimate of drug-likeness (QED) is 0.688. The number of carbonyl (C=O) groups is 1. The van der Waals surface area contributed by atoms with Crippen molar-refractivity contribution < 1.29 is 24.1 Å². The second-order valence-electron chi connectivity index (χ2n) is 6.39. The van der Waals surface area contributed by atoms with E-state index >= 15 is 0 Å². The summed E-state index contributed by atoms with van der Waals surface area (Å²) >= 11 is 0. The van der Waals surface area contributed by atoms with E-state index in [4.69, 9.17) is 9.84 Å². The van der Waals surface area contributed by atoms with Gasteiger partial charge >= 0.3 is 0 Å². The van der Waals surface area contributed by atoms with E-state index in [1.54, 1.807) is 12.1 Å². The lowest BCUT2D eigenvalue weighted by Crippen LogP contribution is -2.42. The Hall–Kier alpha value is -2.45. The molecular weight excluding hydrogens is 341 g/mol. The second kappa shape index (κ2) is 7.84. The number of carbonyl (C=O) groups excluding carboxylic acids is 1. The molecule has 1 aromatic heterocycles. The van der Waals surface area contributed by atoms with Crippen molar-refractivity contribution >= 4 is 5.91 Å². The first-order chi connectivity index (χ1) is 12.5. The van der Waals surface area contributed by atoms with Gasteiger partial charge in [-0.25, -0.2) is 4.39 Å². The van der Waals surface area contributed by atoms with E-state index in [-0.39, 0.29) is 30.7 Å². The molecule has 0 bridgehead atoms. The fourth-order valence-electron chi connectivity index (χ4n) is 3.27. The summed E-state index contributed by atoms with van der Waals surface area (Å²) in [4.78, 5) is 12.7. The molecule has 7 nitrogen and oxygen atoms in total. The number of benzene rings is 1. The van der Waals surface area contributed by atoms with Crippen LogP contribution in [-0.4, -0.2) is 45.7 Å². The van der Waals surface area contributed by atoms with Gasteiger partial charge in [0.2, 0.25) is 0 Å². The molecule has 1 atom stereocenters. The second-order valence-corrected chi connectivity index (χ2v) is 6.39. The summed E-state index contributed by atoms with van der Waals surface area (Å²) in [7, 11) is 1.39. The first-order valence-corrected chi connectivity index (χ1v) is 8.48. The number of ether oxygens (including phenoxy) is 1. The summed E-state index contributed by atoms with van der Waals surface area (Å²) in [5, 5.41) is 25.6. The van der Waals surface area contributed by atoms with Crippen LogP contribution in [0.25, 0.3) is 0 Å². The fourth-order valence-corrected chi connectivity index (χ4v) is 3.27. The normalized spacial score (nSPS) is 20.3. The van der Waals surface area contributed by atoms with Gasteiger partial charge < -0.3 is 20.3 Å². The van der Waals surface area contributed by atoms with Gasteiger partial charge in [0.1, 0.15) is 5.69 Å². The predicted octanol–water partition coefficient (Wildman–Crippen LogP) is 1.27. The molecular formula is C18H22FN3O4. The monoisotopic (exact) mass is 363 g/mol. The van der Waals surface area contributed by atoms with Crippen LogP contribution in [0.5, 0.6) is 5.75 Å².